The highest BCUT2D eigenvalue weighted by Crippen LogP contribution is 2.40. The molecule has 3 aromatic carbocycles. The van der Waals surface area contributed by atoms with E-state index in [2.05, 4.69) is 4.98 Å². The van der Waals surface area contributed by atoms with Gasteiger partial charge in [-0.05, 0) is 46.2 Å². The van der Waals surface area contributed by atoms with E-state index in [1.807, 2.05) is 30.3 Å². The van der Waals surface area contributed by atoms with E-state index < -0.39 is 23.5 Å². The fourth-order valence-electron chi connectivity index (χ4n) is 4.22. The van der Waals surface area contributed by atoms with E-state index in [1.165, 1.54) is 29.2 Å². The largest absolute Gasteiger partial charge is 0.507 e. The van der Waals surface area contributed by atoms with Crippen molar-refractivity contribution in [2.75, 3.05) is 0 Å². The first-order chi connectivity index (χ1) is 16.0. The number of aromatic nitrogens is 1. The highest BCUT2D eigenvalue weighted by molar-refractivity contribution is 6.46. The molecule has 1 amide bonds. The number of likely N-dealkylation sites (tertiary alicyclic amines) is 1. The van der Waals surface area contributed by atoms with Crippen LogP contribution < -0.4 is 0 Å². The molecule has 1 N–H and O–H groups in total. The number of benzene rings is 3. The van der Waals surface area contributed by atoms with Crippen molar-refractivity contribution in [3.8, 4) is 0 Å². The number of ketones is 1. The SMILES string of the molecule is O=C1C(=O)N(Cc2cccnc2)C(c2ccc(F)cc2)/C1=C(/O)c1ccc2ccccc2c1. The lowest BCUT2D eigenvalue weighted by Gasteiger charge is -2.25. The lowest BCUT2D eigenvalue weighted by Crippen LogP contribution is -2.29. The standard InChI is InChI=1S/C27H19FN2O3/c28-22-11-9-19(10-12-22)24-23(25(31)21-8-7-18-5-1-2-6-20(18)14-21)26(32)27(33)30(24)16-17-4-3-13-29-15-17/h1-15,24,31H,16H2/b25-23-. The Hall–Kier alpha value is -4.32. The first-order valence-corrected chi connectivity index (χ1v) is 10.4. The molecule has 0 aliphatic carbocycles. The summed E-state index contributed by atoms with van der Waals surface area (Å²) in [6.45, 7) is 0.120. The van der Waals surface area contributed by atoms with Crippen LogP contribution in [0.25, 0.3) is 16.5 Å². The fraction of sp³-hybridized carbons (Fsp3) is 0.0741. The molecule has 1 unspecified atom stereocenters. The van der Waals surface area contributed by atoms with Gasteiger partial charge < -0.3 is 10.0 Å². The van der Waals surface area contributed by atoms with Crippen molar-refractivity contribution in [1.82, 2.24) is 9.88 Å². The van der Waals surface area contributed by atoms with Crippen LogP contribution in [0.15, 0.2) is 96.8 Å². The molecule has 33 heavy (non-hydrogen) atoms. The number of rotatable bonds is 4. The average Bonchev–Trinajstić information content (AvgIpc) is 3.09. The summed E-state index contributed by atoms with van der Waals surface area (Å²) in [4.78, 5) is 31.7. The van der Waals surface area contributed by atoms with E-state index in [1.54, 1.807) is 36.7 Å². The number of hydrogen-bond donors (Lipinski definition) is 1. The molecule has 6 heteroatoms. The van der Waals surface area contributed by atoms with Gasteiger partial charge >= 0.3 is 0 Å². The van der Waals surface area contributed by atoms with Gasteiger partial charge in [0.25, 0.3) is 11.7 Å². The third kappa shape index (κ3) is 3.76. The van der Waals surface area contributed by atoms with E-state index in [0.717, 1.165) is 16.3 Å². The Bertz CT molecular complexity index is 1400. The summed E-state index contributed by atoms with van der Waals surface area (Å²) in [5.41, 5.74) is 1.67. The molecule has 1 aliphatic heterocycles. The molecular weight excluding hydrogens is 419 g/mol. The van der Waals surface area contributed by atoms with Gasteiger partial charge in [-0.25, -0.2) is 4.39 Å². The Kier molecular flexibility index (Phi) is 5.18. The highest BCUT2D eigenvalue weighted by Gasteiger charge is 2.46. The van der Waals surface area contributed by atoms with Crippen LogP contribution in [0, 0.1) is 5.82 Å². The number of aliphatic hydroxyl groups is 1. The molecule has 1 aromatic heterocycles. The molecule has 4 aromatic rings. The van der Waals surface area contributed by atoms with Crippen molar-refractivity contribution in [1.29, 1.82) is 0 Å². The third-order valence-corrected chi connectivity index (χ3v) is 5.82. The van der Waals surface area contributed by atoms with Crippen LogP contribution in [-0.4, -0.2) is 26.7 Å². The quantitative estimate of drug-likeness (QED) is 0.277. The number of nitrogens with zero attached hydrogens (tertiary/aromatic N) is 2. The minimum atomic E-state index is -0.864. The van der Waals surface area contributed by atoms with Gasteiger partial charge in [-0.15, -0.1) is 0 Å². The van der Waals surface area contributed by atoms with Crippen LogP contribution in [0.4, 0.5) is 4.39 Å². The molecule has 0 saturated carbocycles. The zero-order valence-corrected chi connectivity index (χ0v) is 17.5. The number of Topliss-reactive ketones (excluding diaryl/α,β-unsaturated/α-hetero) is 1. The van der Waals surface area contributed by atoms with Crippen LogP contribution in [-0.2, 0) is 16.1 Å². The van der Waals surface area contributed by atoms with Crippen LogP contribution in [0.3, 0.4) is 0 Å². The summed E-state index contributed by atoms with van der Waals surface area (Å²) >= 11 is 0. The van der Waals surface area contributed by atoms with Gasteiger partial charge in [0.05, 0.1) is 11.6 Å². The second-order valence-corrected chi connectivity index (χ2v) is 7.90. The van der Waals surface area contributed by atoms with Gasteiger partial charge in [0.2, 0.25) is 0 Å². The molecule has 5 nitrogen and oxygen atoms in total. The maximum absolute atomic E-state index is 13.6. The summed E-state index contributed by atoms with van der Waals surface area (Å²) in [6.07, 6.45) is 3.24. The van der Waals surface area contributed by atoms with Gasteiger partial charge in [0, 0.05) is 24.5 Å². The van der Waals surface area contributed by atoms with Crippen molar-refractivity contribution in [2.24, 2.45) is 0 Å². The lowest BCUT2D eigenvalue weighted by molar-refractivity contribution is -0.140. The molecule has 1 saturated heterocycles. The molecule has 1 aliphatic rings. The minimum absolute atomic E-state index is 0.0224. The zero-order chi connectivity index (χ0) is 22.9. The Labute approximate surface area is 189 Å². The normalized spacial score (nSPS) is 17.6. The summed E-state index contributed by atoms with van der Waals surface area (Å²) in [5.74, 6) is -2.20. The van der Waals surface area contributed by atoms with Crippen molar-refractivity contribution < 1.29 is 19.1 Å². The molecule has 162 valence electrons. The molecule has 0 bridgehead atoms. The van der Waals surface area contributed by atoms with Crippen molar-refractivity contribution in [3.05, 3.63) is 119 Å². The number of carbonyl (C=O) groups excluding carboxylic acids is 2. The van der Waals surface area contributed by atoms with Crippen LogP contribution in [0.1, 0.15) is 22.7 Å². The van der Waals surface area contributed by atoms with E-state index in [9.17, 15) is 19.1 Å². The predicted octanol–water partition coefficient (Wildman–Crippen LogP) is 5.00. The minimum Gasteiger partial charge on any atom is -0.507 e. The molecule has 1 atom stereocenters. The molecule has 2 heterocycles. The number of carbonyl (C=O) groups is 2. The second-order valence-electron chi connectivity index (χ2n) is 7.90. The van der Waals surface area contributed by atoms with Crippen molar-refractivity contribution >= 4 is 28.2 Å². The van der Waals surface area contributed by atoms with Crippen LogP contribution in [0.5, 0.6) is 0 Å². The van der Waals surface area contributed by atoms with Crippen molar-refractivity contribution in [2.45, 2.75) is 12.6 Å². The van der Waals surface area contributed by atoms with Crippen molar-refractivity contribution in [3.63, 3.8) is 0 Å². The number of halogens is 1. The monoisotopic (exact) mass is 438 g/mol. The number of amides is 1. The number of aliphatic hydroxyl groups excluding tert-OH is 1. The van der Waals surface area contributed by atoms with E-state index in [4.69, 9.17) is 0 Å². The summed E-state index contributed by atoms with van der Waals surface area (Å²) in [7, 11) is 0. The lowest BCUT2D eigenvalue weighted by atomic mass is 9.94. The van der Waals surface area contributed by atoms with Gasteiger partial charge in [-0.1, -0.05) is 54.6 Å². The second kappa shape index (κ2) is 8.31. The third-order valence-electron chi connectivity index (χ3n) is 5.82. The topological polar surface area (TPSA) is 70.5 Å². The average molecular weight is 438 g/mol. The molecule has 0 radical (unpaired) electrons. The Morgan fingerprint density at radius 1 is 0.939 bits per heavy atom. The number of fused-ring (bicyclic) bond motifs is 1. The summed E-state index contributed by atoms with van der Waals surface area (Å²) < 4.78 is 13.6. The maximum Gasteiger partial charge on any atom is 0.295 e. The Morgan fingerprint density at radius 2 is 1.70 bits per heavy atom. The zero-order valence-electron chi connectivity index (χ0n) is 17.5. The Morgan fingerprint density at radius 3 is 2.42 bits per heavy atom. The van der Waals surface area contributed by atoms with Gasteiger partial charge in [0.1, 0.15) is 11.6 Å². The number of hydrogen-bond acceptors (Lipinski definition) is 4. The Balaban J connectivity index is 1.66. The maximum atomic E-state index is 13.6. The fourth-order valence-corrected chi connectivity index (χ4v) is 4.22. The smallest absolute Gasteiger partial charge is 0.295 e. The van der Waals surface area contributed by atoms with Gasteiger partial charge in [-0.3, -0.25) is 14.6 Å². The van der Waals surface area contributed by atoms with Gasteiger partial charge in [-0.2, -0.15) is 0 Å². The predicted molar refractivity (Wildman–Crippen MR) is 122 cm³/mol. The number of pyridine rings is 1. The molecule has 1 fully saturated rings. The first-order valence-electron chi connectivity index (χ1n) is 10.4. The van der Waals surface area contributed by atoms with Gasteiger partial charge in [0.15, 0.2) is 0 Å². The summed E-state index contributed by atoms with van der Waals surface area (Å²) in [5, 5.41) is 13.1. The van der Waals surface area contributed by atoms with Crippen LogP contribution >= 0.6 is 0 Å². The first kappa shape index (κ1) is 20.6. The molecule has 0 spiro atoms. The van der Waals surface area contributed by atoms with Crippen LogP contribution in [0.2, 0.25) is 0 Å². The highest BCUT2D eigenvalue weighted by atomic mass is 19.1. The van der Waals surface area contributed by atoms with E-state index >= 15 is 0 Å². The molecular formula is C27H19FN2O3. The summed E-state index contributed by atoms with van der Waals surface area (Å²) in [6, 6.07) is 21.3. The molecule has 5 rings (SSSR count). The van der Waals surface area contributed by atoms with E-state index in [-0.39, 0.29) is 17.9 Å². The van der Waals surface area contributed by atoms with E-state index in [0.29, 0.717) is 11.1 Å².